The number of nitrogens with zero attached hydrogens (tertiary/aromatic N) is 4. The van der Waals surface area contributed by atoms with E-state index in [1.54, 1.807) is 36.4 Å². The molecule has 0 aliphatic rings. The number of hydrogen-bond acceptors (Lipinski definition) is 6. The Balaban J connectivity index is 1.57. The Bertz CT molecular complexity index is 1680. The summed E-state index contributed by atoms with van der Waals surface area (Å²) in [5.74, 6) is 3.80. The summed E-state index contributed by atoms with van der Waals surface area (Å²) in [5, 5.41) is 17.7. The molecule has 1 unspecified atom stereocenters. The van der Waals surface area contributed by atoms with Crippen LogP contribution < -0.4 is 11.1 Å². The lowest BCUT2D eigenvalue weighted by Gasteiger charge is -2.18. The molecule has 10 heteroatoms. The van der Waals surface area contributed by atoms with Gasteiger partial charge in [-0.15, -0.1) is 0 Å². The zero-order valence-electron chi connectivity index (χ0n) is 19.1. The van der Waals surface area contributed by atoms with Crippen molar-refractivity contribution in [1.29, 1.82) is 0 Å². The second kappa shape index (κ2) is 9.75. The lowest BCUT2D eigenvalue weighted by molar-refractivity contribution is -0.118. The molecule has 5 rings (SSSR count). The average Bonchev–Trinajstić information content (AvgIpc) is 3.32. The zero-order chi connectivity index (χ0) is 25.9. The van der Waals surface area contributed by atoms with Crippen LogP contribution in [0.5, 0.6) is 5.75 Å². The standard InChI is InChI=1S/C27H18F2N6O2/c28-19-9-10-21(36)20(13-19)26(27(37)33-23-3-1-2-12-31-23)35-15-18-8-7-17(24(29)25(18)34-35)6-4-16-5-11-22(30)32-14-16/h1-3,5,7-15,26,36H,(H2,30,32)(H,31,33,37). The molecule has 1 amide bonds. The minimum Gasteiger partial charge on any atom is -0.508 e. The molecule has 0 saturated heterocycles. The summed E-state index contributed by atoms with van der Waals surface area (Å²) in [6, 6.07) is 13.2. The number of fused-ring (bicyclic) bond motifs is 1. The van der Waals surface area contributed by atoms with Crippen LogP contribution in [0, 0.1) is 23.5 Å². The molecule has 3 aromatic heterocycles. The molecule has 0 aliphatic heterocycles. The van der Waals surface area contributed by atoms with Crippen molar-refractivity contribution in [3.05, 3.63) is 108 Å². The van der Waals surface area contributed by atoms with Crippen LogP contribution in [-0.2, 0) is 4.79 Å². The molecule has 2 aromatic carbocycles. The van der Waals surface area contributed by atoms with Gasteiger partial charge in [0.25, 0.3) is 5.91 Å². The Labute approximate surface area is 209 Å². The van der Waals surface area contributed by atoms with E-state index in [1.165, 1.54) is 29.3 Å². The topological polar surface area (TPSA) is 119 Å². The number of amides is 1. The van der Waals surface area contributed by atoms with Gasteiger partial charge in [-0.1, -0.05) is 17.9 Å². The first-order valence-electron chi connectivity index (χ1n) is 11.0. The van der Waals surface area contributed by atoms with Crippen molar-refractivity contribution in [2.75, 3.05) is 11.1 Å². The molecule has 5 aromatic rings. The van der Waals surface area contributed by atoms with E-state index < -0.39 is 23.6 Å². The molecule has 0 radical (unpaired) electrons. The minimum absolute atomic E-state index is 0.0474. The van der Waals surface area contributed by atoms with Gasteiger partial charge in [-0.05, 0) is 54.6 Å². The summed E-state index contributed by atoms with van der Waals surface area (Å²) >= 11 is 0. The van der Waals surface area contributed by atoms with Gasteiger partial charge in [-0.2, -0.15) is 5.10 Å². The van der Waals surface area contributed by atoms with E-state index in [4.69, 9.17) is 5.73 Å². The highest BCUT2D eigenvalue weighted by molar-refractivity contribution is 5.96. The van der Waals surface area contributed by atoms with Gasteiger partial charge in [0, 0.05) is 35.1 Å². The van der Waals surface area contributed by atoms with Crippen LogP contribution >= 0.6 is 0 Å². The van der Waals surface area contributed by atoms with Gasteiger partial charge in [0.15, 0.2) is 11.9 Å². The Morgan fingerprint density at radius 1 is 1.05 bits per heavy atom. The summed E-state index contributed by atoms with van der Waals surface area (Å²) in [6.07, 6.45) is 4.40. The van der Waals surface area contributed by atoms with Crippen LogP contribution in [0.2, 0.25) is 0 Å². The van der Waals surface area contributed by atoms with E-state index in [1.807, 2.05) is 0 Å². The quantitative estimate of drug-likeness (QED) is 0.324. The smallest absolute Gasteiger partial charge is 0.255 e. The van der Waals surface area contributed by atoms with Crippen molar-refractivity contribution in [2.24, 2.45) is 0 Å². The van der Waals surface area contributed by atoms with Crippen LogP contribution in [0.4, 0.5) is 20.4 Å². The fourth-order valence-electron chi connectivity index (χ4n) is 3.70. The monoisotopic (exact) mass is 496 g/mol. The van der Waals surface area contributed by atoms with Gasteiger partial charge in [-0.3, -0.25) is 9.48 Å². The van der Waals surface area contributed by atoms with Crippen LogP contribution in [-0.4, -0.2) is 30.8 Å². The Morgan fingerprint density at radius 2 is 1.92 bits per heavy atom. The van der Waals surface area contributed by atoms with E-state index in [9.17, 15) is 14.3 Å². The van der Waals surface area contributed by atoms with Crippen LogP contribution in [0.3, 0.4) is 0 Å². The molecule has 0 spiro atoms. The predicted octanol–water partition coefficient (Wildman–Crippen LogP) is 4.02. The Morgan fingerprint density at radius 3 is 2.68 bits per heavy atom. The first-order valence-corrected chi connectivity index (χ1v) is 11.0. The van der Waals surface area contributed by atoms with Crippen molar-refractivity contribution in [1.82, 2.24) is 19.7 Å². The second-order valence-electron chi connectivity index (χ2n) is 8.01. The van der Waals surface area contributed by atoms with Crippen LogP contribution in [0.25, 0.3) is 10.9 Å². The number of hydrogen-bond donors (Lipinski definition) is 3. The van der Waals surface area contributed by atoms with Crippen molar-refractivity contribution in [3.63, 3.8) is 0 Å². The van der Waals surface area contributed by atoms with E-state index >= 15 is 4.39 Å². The minimum atomic E-state index is -1.33. The van der Waals surface area contributed by atoms with Gasteiger partial charge in [0.1, 0.15) is 28.7 Å². The Kier molecular flexibility index (Phi) is 6.18. The van der Waals surface area contributed by atoms with Crippen LogP contribution in [0.15, 0.2) is 79.3 Å². The predicted molar refractivity (Wildman–Crippen MR) is 133 cm³/mol. The SMILES string of the molecule is Nc1ccc(C#Cc2ccc3cn(C(C(=O)Nc4ccccn4)c4cc(F)ccc4O)nc3c2F)cn1. The molecule has 0 saturated carbocycles. The maximum absolute atomic E-state index is 15.4. The fourth-order valence-corrected chi connectivity index (χ4v) is 3.70. The summed E-state index contributed by atoms with van der Waals surface area (Å²) in [4.78, 5) is 21.3. The van der Waals surface area contributed by atoms with Gasteiger partial charge in [-0.25, -0.2) is 18.7 Å². The molecular weight excluding hydrogens is 478 g/mol. The fraction of sp³-hybridized carbons (Fsp3) is 0.0370. The normalized spacial score (nSPS) is 11.5. The molecule has 0 bridgehead atoms. The number of pyridine rings is 2. The number of anilines is 2. The molecule has 0 fully saturated rings. The number of carbonyl (C=O) groups excluding carboxylic acids is 1. The van der Waals surface area contributed by atoms with Gasteiger partial charge in [0.2, 0.25) is 0 Å². The number of halogens is 2. The van der Waals surface area contributed by atoms with Gasteiger partial charge >= 0.3 is 0 Å². The number of nitrogens with two attached hydrogens (primary N) is 1. The number of nitrogens with one attached hydrogen (secondary N) is 1. The lowest BCUT2D eigenvalue weighted by atomic mass is 10.0. The summed E-state index contributed by atoms with van der Waals surface area (Å²) in [5.41, 5.74) is 6.10. The van der Waals surface area contributed by atoms with E-state index in [0.29, 0.717) is 16.8 Å². The third kappa shape index (κ3) is 4.92. The zero-order valence-corrected chi connectivity index (χ0v) is 19.1. The van der Waals surface area contributed by atoms with E-state index in [0.717, 1.165) is 18.2 Å². The van der Waals surface area contributed by atoms with Gasteiger partial charge < -0.3 is 16.2 Å². The molecule has 4 N–H and O–H groups in total. The largest absolute Gasteiger partial charge is 0.508 e. The molecule has 182 valence electrons. The highest BCUT2D eigenvalue weighted by Gasteiger charge is 2.28. The maximum Gasteiger partial charge on any atom is 0.255 e. The average molecular weight is 496 g/mol. The van der Waals surface area contributed by atoms with Crippen molar-refractivity contribution >= 4 is 28.4 Å². The number of phenols is 1. The summed E-state index contributed by atoms with van der Waals surface area (Å²) in [6.45, 7) is 0. The second-order valence-corrected chi connectivity index (χ2v) is 8.01. The maximum atomic E-state index is 15.4. The highest BCUT2D eigenvalue weighted by Crippen LogP contribution is 2.31. The third-order valence-electron chi connectivity index (χ3n) is 5.48. The lowest BCUT2D eigenvalue weighted by Crippen LogP contribution is -2.28. The van der Waals surface area contributed by atoms with Crippen LogP contribution in [0.1, 0.15) is 22.7 Å². The molecule has 3 heterocycles. The molecule has 0 aliphatic carbocycles. The third-order valence-corrected chi connectivity index (χ3v) is 5.48. The molecular formula is C27H18F2N6O2. The highest BCUT2D eigenvalue weighted by atomic mass is 19.1. The van der Waals surface area contributed by atoms with Crippen molar-refractivity contribution < 1.29 is 18.7 Å². The number of nitrogen functional groups attached to an aromatic ring is 1. The van der Waals surface area contributed by atoms with Crippen molar-refractivity contribution in [2.45, 2.75) is 6.04 Å². The first-order chi connectivity index (χ1) is 17.9. The number of benzene rings is 2. The van der Waals surface area contributed by atoms with E-state index in [-0.39, 0.29) is 28.2 Å². The molecule has 1 atom stereocenters. The van der Waals surface area contributed by atoms with Crippen molar-refractivity contribution in [3.8, 4) is 17.6 Å². The first kappa shape index (κ1) is 23.4. The molecule has 8 nitrogen and oxygen atoms in total. The number of aromatic nitrogens is 4. The van der Waals surface area contributed by atoms with E-state index in [2.05, 4.69) is 32.2 Å². The number of aromatic hydroxyl groups is 1. The van der Waals surface area contributed by atoms with Gasteiger partial charge in [0.05, 0.1) is 5.56 Å². The summed E-state index contributed by atoms with van der Waals surface area (Å²) < 4.78 is 30.7. The Hall–Kier alpha value is -5.30. The summed E-state index contributed by atoms with van der Waals surface area (Å²) in [7, 11) is 0. The number of phenolic OH excluding ortho intramolecular Hbond substituents is 1. The molecule has 37 heavy (non-hydrogen) atoms. The number of carbonyl (C=O) groups is 1. The number of rotatable bonds is 4.